The normalized spacial score (nSPS) is 10.0. The molecule has 1 aromatic rings. The summed E-state index contributed by atoms with van der Waals surface area (Å²) in [7, 11) is 0. The van der Waals surface area contributed by atoms with Gasteiger partial charge in [0.05, 0.1) is 4.92 Å². The van der Waals surface area contributed by atoms with Gasteiger partial charge in [-0.1, -0.05) is 11.6 Å². The number of carbonyl (C=O) groups excluding carboxylic acids is 2. The number of carbonyl (C=O) groups is 2. The van der Waals surface area contributed by atoms with Crippen LogP contribution in [0.2, 0.25) is 5.02 Å². The molecule has 1 rings (SSSR count). The SMILES string of the molecule is O=CC(C=O)c1ccc(Cl)cc1[N+](=O)[O-]. The third-order valence-electron chi connectivity index (χ3n) is 1.84. The van der Waals surface area contributed by atoms with Crippen LogP contribution in [0.3, 0.4) is 0 Å². The fourth-order valence-corrected chi connectivity index (χ4v) is 1.30. The van der Waals surface area contributed by atoms with Gasteiger partial charge < -0.3 is 9.59 Å². The second-order valence-electron chi connectivity index (χ2n) is 2.76. The lowest BCUT2D eigenvalue weighted by atomic mass is 10.0. The first kappa shape index (κ1) is 11.3. The van der Waals surface area contributed by atoms with E-state index in [1.165, 1.54) is 12.1 Å². The molecule has 0 fully saturated rings. The van der Waals surface area contributed by atoms with Crippen molar-refractivity contribution in [3.05, 3.63) is 38.9 Å². The summed E-state index contributed by atoms with van der Waals surface area (Å²) in [5, 5.41) is 10.8. The standard InChI is InChI=1S/C9H6ClNO4/c10-7-1-2-8(6(4-12)5-13)9(3-7)11(14)15/h1-6H. The summed E-state index contributed by atoms with van der Waals surface area (Å²) in [6.45, 7) is 0. The topological polar surface area (TPSA) is 77.3 Å². The van der Waals surface area contributed by atoms with Crippen LogP contribution >= 0.6 is 11.6 Å². The molecule has 0 aliphatic carbocycles. The molecule has 0 aromatic heterocycles. The summed E-state index contributed by atoms with van der Waals surface area (Å²) in [5.74, 6) is -1.12. The first-order chi connectivity index (χ1) is 7.10. The molecule has 5 nitrogen and oxygen atoms in total. The molecule has 15 heavy (non-hydrogen) atoms. The van der Waals surface area contributed by atoms with Crippen LogP contribution < -0.4 is 0 Å². The van der Waals surface area contributed by atoms with Crippen molar-refractivity contribution >= 4 is 29.9 Å². The van der Waals surface area contributed by atoms with Crippen molar-refractivity contribution in [2.24, 2.45) is 0 Å². The Labute approximate surface area is 89.8 Å². The summed E-state index contributed by atoms with van der Waals surface area (Å²) in [6.07, 6.45) is 0.701. The van der Waals surface area contributed by atoms with Crippen LogP contribution in [-0.2, 0) is 9.59 Å². The van der Waals surface area contributed by atoms with Crippen molar-refractivity contribution in [2.45, 2.75) is 5.92 Å². The van der Waals surface area contributed by atoms with Crippen molar-refractivity contribution in [1.29, 1.82) is 0 Å². The highest BCUT2D eigenvalue weighted by molar-refractivity contribution is 6.30. The van der Waals surface area contributed by atoms with Crippen molar-refractivity contribution in [2.75, 3.05) is 0 Å². The third kappa shape index (κ3) is 2.38. The zero-order valence-corrected chi connectivity index (χ0v) is 8.18. The smallest absolute Gasteiger partial charge is 0.275 e. The fraction of sp³-hybridized carbons (Fsp3) is 0.111. The van der Waals surface area contributed by atoms with Crippen LogP contribution in [0.4, 0.5) is 5.69 Å². The number of aldehydes is 2. The van der Waals surface area contributed by atoms with Crippen molar-refractivity contribution in [3.63, 3.8) is 0 Å². The molecule has 1 aromatic carbocycles. The average Bonchev–Trinajstić information content (AvgIpc) is 2.21. The maximum Gasteiger partial charge on any atom is 0.275 e. The van der Waals surface area contributed by atoms with E-state index in [-0.39, 0.29) is 16.3 Å². The number of hydrogen-bond donors (Lipinski definition) is 0. The van der Waals surface area contributed by atoms with E-state index in [4.69, 9.17) is 11.6 Å². The van der Waals surface area contributed by atoms with Crippen molar-refractivity contribution in [1.82, 2.24) is 0 Å². The molecule has 6 heteroatoms. The number of hydrogen-bond acceptors (Lipinski definition) is 4. The molecule has 0 radical (unpaired) electrons. The molecular weight excluding hydrogens is 222 g/mol. The van der Waals surface area contributed by atoms with E-state index in [1.807, 2.05) is 0 Å². The summed E-state index contributed by atoms with van der Waals surface area (Å²) >= 11 is 5.57. The highest BCUT2D eigenvalue weighted by Crippen LogP contribution is 2.27. The monoisotopic (exact) mass is 227 g/mol. The van der Waals surface area contributed by atoms with Gasteiger partial charge in [-0.3, -0.25) is 10.1 Å². The second kappa shape index (κ2) is 4.65. The highest BCUT2D eigenvalue weighted by atomic mass is 35.5. The van der Waals surface area contributed by atoms with Gasteiger partial charge in [-0.15, -0.1) is 0 Å². The summed E-state index contributed by atoms with van der Waals surface area (Å²) in [6, 6.07) is 3.80. The minimum atomic E-state index is -1.12. The molecule has 0 atom stereocenters. The van der Waals surface area contributed by atoms with Gasteiger partial charge in [0.2, 0.25) is 0 Å². The lowest BCUT2D eigenvalue weighted by molar-refractivity contribution is -0.385. The van der Waals surface area contributed by atoms with E-state index >= 15 is 0 Å². The zero-order chi connectivity index (χ0) is 11.4. The van der Waals surface area contributed by atoms with E-state index < -0.39 is 10.8 Å². The molecule has 0 saturated heterocycles. The van der Waals surface area contributed by atoms with Gasteiger partial charge in [0.25, 0.3) is 5.69 Å². The molecule has 0 heterocycles. The molecule has 0 N–H and O–H groups in total. The lowest BCUT2D eigenvalue weighted by Crippen LogP contribution is -2.05. The Morgan fingerprint density at radius 1 is 1.33 bits per heavy atom. The van der Waals surface area contributed by atoms with Gasteiger partial charge in [0.15, 0.2) is 0 Å². The molecule has 0 amide bonds. The zero-order valence-electron chi connectivity index (χ0n) is 7.42. The highest BCUT2D eigenvalue weighted by Gasteiger charge is 2.21. The van der Waals surface area contributed by atoms with Crippen LogP contribution in [-0.4, -0.2) is 17.5 Å². The number of halogens is 1. The van der Waals surface area contributed by atoms with E-state index in [9.17, 15) is 19.7 Å². The van der Waals surface area contributed by atoms with Gasteiger partial charge in [0, 0.05) is 16.7 Å². The Morgan fingerprint density at radius 2 is 1.93 bits per heavy atom. The summed E-state index contributed by atoms with van der Waals surface area (Å²) in [4.78, 5) is 31.0. The molecule has 0 aliphatic heterocycles. The Morgan fingerprint density at radius 3 is 2.40 bits per heavy atom. The van der Waals surface area contributed by atoms with Gasteiger partial charge in [-0.05, 0) is 12.1 Å². The van der Waals surface area contributed by atoms with E-state index in [0.717, 1.165) is 6.07 Å². The van der Waals surface area contributed by atoms with Gasteiger partial charge in [-0.2, -0.15) is 0 Å². The van der Waals surface area contributed by atoms with Gasteiger partial charge in [0.1, 0.15) is 18.5 Å². The Kier molecular flexibility index (Phi) is 3.51. The van der Waals surface area contributed by atoms with Crippen molar-refractivity contribution in [3.8, 4) is 0 Å². The van der Waals surface area contributed by atoms with Crippen LogP contribution in [0.1, 0.15) is 11.5 Å². The first-order valence-electron chi connectivity index (χ1n) is 3.94. The molecule has 0 saturated carbocycles. The quantitative estimate of drug-likeness (QED) is 0.340. The number of nitrogens with zero attached hydrogens (tertiary/aromatic N) is 1. The molecule has 0 spiro atoms. The number of nitro groups is 1. The van der Waals surface area contributed by atoms with E-state index in [1.54, 1.807) is 0 Å². The van der Waals surface area contributed by atoms with E-state index in [2.05, 4.69) is 0 Å². The van der Waals surface area contributed by atoms with Gasteiger partial charge >= 0.3 is 0 Å². The predicted octanol–water partition coefficient (Wildman–Crippen LogP) is 1.73. The maximum absolute atomic E-state index is 10.6. The Hall–Kier alpha value is -1.75. The lowest BCUT2D eigenvalue weighted by Gasteiger charge is -2.04. The van der Waals surface area contributed by atoms with Crippen LogP contribution in [0.5, 0.6) is 0 Å². The van der Waals surface area contributed by atoms with Crippen LogP contribution in [0, 0.1) is 10.1 Å². The van der Waals surface area contributed by atoms with Crippen LogP contribution in [0.15, 0.2) is 18.2 Å². The minimum Gasteiger partial charge on any atom is -0.302 e. The summed E-state index contributed by atoms with van der Waals surface area (Å²) in [5.41, 5.74) is -0.277. The Bertz CT molecular complexity index is 411. The maximum atomic E-state index is 10.6. The Balaban J connectivity index is 3.33. The molecular formula is C9H6ClNO4. The third-order valence-corrected chi connectivity index (χ3v) is 2.08. The van der Waals surface area contributed by atoms with E-state index in [0.29, 0.717) is 12.6 Å². The van der Waals surface area contributed by atoms with Crippen LogP contribution in [0.25, 0.3) is 0 Å². The molecule has 0 bridgehead atoms. The molecule has 0 aliphatic rings. The number of nitro benzene ring substituents is 1. The largest absolute Gasteiger partial charge is 0.302 e. The average molecular weight is 228 g/mol. The second-order valence-corrected chi connectivity index (χ2v) is 3.19. The minimum absolute atomic E-state index is 0.0504. The number of rotatable bonds is 4. The van der Waals surface area contributed by atoms with Gasteiger partial charge in [-0.25, -0.2) is 0 Å². The number of benzene rings is 1. The fourth-order valence-electron chi connectivity index (χ4n) is 1.14. The predicted molar refractivity (Wildman–Crippen MR) is 53.0 cm³/mol. The molecule has 78 valence electrons. The van der Waals surface area contributed by atoms with Crippen molar-refractivity contribution < 1.29 is 14.5 Å². The first-order valence-corrected chi connectivity index (χ1v) is 4.32. The summed E-state index contributed by atoms with van der Waals surface area (Å²) < 4.78 is 0. The molecule has 0 unspecified atom stereocenters.